The molecule has 6 heteroatoms. The summed E-state index contributed by atoms with van der Waals surface area (Å²) >= 11 is 0. The second-order valence-electron chi connectivity index (χ2n) is 5.81. The van der Waals surface area contributed by atoms with Crippen LogP contribution in [0.3, 0.4) is 0 Å². The Morgan fingerprint density at radius 3 is 2.83 bits per heavy atom. The molecule has 0 saturated carbocycles. The van der Waals surface area contributed by atoms with Gasteiger partial charge in [0.1, 0.15) is 0 Å². The van der Waals surface area contributed by atoms with Crippen molar-refractivity contribution in [1.29, 1.82) is 0 Å². The number of piperidine rings is 1. The highest BCUT2D eigenvalue weighted by Crippen LogP contribution is 2.10. The van der Waals surface area contributed by atoms with Crippen molar-refractivity contribution < 1.29 is 4.79 Å². The van der Waals surface area contributed by atoms with Gasteiger partial charge < -0.3 is 10.6 Å². The number of hydrogen-bond donors (Lipinski definition) is 2. The van der Waals surface area contributed by atoms with E-state index in [0.29, 0.717) is 12.3 Å². The van der Waals surface area contributed by atoms with Crippen molar-refractivity contribution in [2.45, 2.75) is 19.3 Å². The quantitative estimate of drug-likeness (QED) is 0.878. The minimum Gasteiger partial charge on any atom is -0.355 e. The average molecular weight is 335 g/mol. The maximum atomic E-state index is 12.0. The first-order valence-corrected chi connectivity index (χ1v) is 7.87. The number of benzene rings is 1. The summed E-state index contributed by atoms with van der Waals surface area (Å²) in [6.07, 6.45) is 6.49. The molecule has 5 nitrogen and oxygen atoms in total. The van der Waals surface area contributed by atoms with Crippen LogP contribution in [-0.4, -0.2) is 35.3 Å². The Bertz CT molecular complexity index is 592. The van der Waals surface area contributed by atoms with Gasteiger partial charge in [-0.15, -0.1) is 12.4 Å². The number of hydrogen-bond acceptors (Lipinski definition) is 3. The topological polar surface area (TPSA) is 59.0 Å². The number of carbonyl (C=O) groups is 1. The molecule has 0 aliphatic carbocycles. The fraction of sp³-hybridized carbons (Fsp3) is 0.412. The third-order valence-corrected chi connectivity index (χ3v) is 4.06. The van der Waals surface area contributed by atoms with Gasteiger partial charge in [-0.05, 0) is 55.6 Å². The van der Waals surface area contributed by atoms with Crippen LogP contribution in [0, 0.1) is 5.92 Å². The summed E-state index contributed by atoms with van der Waals surface area (Å²) in [5.74, 6) is 0.664. The van der Waals surface area contributed by atoms with Crippen molar-refractivity contribution in [2.24, 2.45) is 5.92 Å². The van der Waals surface area contributed by atoms with Gasteiger partial charge in [-0.2, -0.15) is 5.10 Å². The number of nitrogens with zero attached hydrogens (tertiary/aromatic N) is 2. The molecule has 1 fully saturated rings. The predicted octanol–water partition coefficient (Wildman–Crippen LogP) is 1.95. The Kier molecular flexibility index (Phi) is 6.62. The van der Waals surface area contributed by atoms with Crippen molar-refractivity contribution in [3.8, 4) is 5.69 Å². The van der Waals surface area contributed by atoms with Gasteiger partial charge in [-0.3, -0.25) is 4.79 Å². The van der Waals surface area contributed by atoms with E-state index in [4.69, 9.17) is 0 Å². The van der Waals surface area contributed by atoms with Crippen LogP contribution < -0.4 is 10.6 Å². The van der Waals surface area contributed by atoms with Gasteiger partial charge in [0.15, 0.2) is 0 Å². The maximum absolute atomic E-state index is 12.0. The Morgan fingerprint density at radius 2 is 2.17 bits per heavy atom. The highest BCUT2D eigenvalue weighted by molar-refractivity contribution is 5.85. The van der Waals surface area contributed by atoms with E-state index in [9.17, 15) is 4.79 Å². The van der Waals surface area contributed by atoms with Crippen molar-refractivity contribution in [3.05, 3.63) is 48.3 Å². The zero-order valence-corrected chi connectivity index (χ0v) is 13.9. The minimum atomic E-state index is 0. The largest absolute Gasteiger partial charge is 0.355 e. The molecule has 3 rings (SSSR count). The fourth-order valence-electron chi connectivity index (χ4n) is 2.79. The number of halogens is 1. The van der Waals surface area contributed by atoms with Crippen LogP contribution in [0.4, 0.5) is 0 Å². The molecule has 1 amide bonds. The Labute approximate surface area is 142 Å². The molecule has 0 spiro atoms. The lowest BCUT2D eigenvalue weighted by atomic mass is 9.99. The SMILES string of the molecule is Cl.O=C(Cc1ccc(-n2cccn2)cc1)NCC1CCCNC1. The summed E-state index contributed by atoms with van der Waals surface area (Å²) in [6, 6.07) is 9.83. The second kappa shape index (κ2) is 8.70. The summed E-state index contributed by atoms with van der Waals surface area (Å²) in [5, 5.41) is 10.6. The zero-order chi connectivity index (χ0) is 15.2. The number of carbonyl (C=O) groups excluding carboxylic acids is 1. The molecule has 1 aliphatic heterocycles. The van der Waals surface area contributed by atoms with E-state index < -0.39 is 0 Å². The monoisotopic (exact) mass is 334 g/mol. The maximum Gasteiger partial charge on any atom is 0.224 e. The summed E-state index contributed by atoms with van der Waals surface area (Å²) in [7, 11) is 0. The number of aromatic nitrogens is 2. The summed E-state index contributed by atoms with van der Waals surface area (Å²) in [5.41, 5.74) is 2.03. The third kappa shape index (κ3) is 5.08. The van der Waals surface area contributed by atoms with Crippen LogP contribution in [-0.2, 0) is 11.2 Å². The molecule has 1 unspecified atom stereocenters. The first-order valence-electron chi connectivity index (χ1n) is 7.87. The molecule has 1 aliphatic rings. The van der Waals surface area contributed by atoms with Gasteiger partial charge in [0.25, 0.3) is 0 Å². The molecule has 1 aromatic heterocycles. The van der Waals surface area contributed by atoms with Gasteiger partial charge >= 0.3 is 0 Å². The third-order valence-electron chi connectivity index (χ3n) is 4.06. The van der Waals surface area contributed by atoms with E-state index in [1.807, 2.05) is 36.5 Å². The molecule has 2 N–H and O–H groups in total. The van der Waals surface area contributed by atoms with Gasteiger partial charge in [0.05, 0.1) is 12.1 Å². The van der Waals surface area contributed by atoms with Gasteiger partial charge in [-0.25, -0.2) is 4.68 Å². The van der Waals surface area contributed by atoms with Crippen molar-refractivity contribution in [2.75, 3.05) is 19.6 Å². The van der Waals surface area contributed by atoms with Gasteiger partial charge in [-0.1, -0.05) is 12.1 Å². The molecule has 1 saturated heterocycles. The number of nitrogens with one attached hydrogen (secondary N) is 2. The lowest BCUT2D eigenvalue weighted by molar-refractivity contribution is -0.120. The molecule has 1 atom stereocenters. The lowest BCUT2D eigenvalue weighted by Crippen LogP contribution is -2.38. The molecule has 0 radical (unpaired) electrons. The van der Waals surface area contributed by atoms with Crippen LogP contribution in [0.1, 0.15) is 18.4 Å². The van der Waals surface area contributed by atoms with Crippen LogP contribution in [0.25, 0.3) is 5.69 Å². The van der Waals surface area contributed by atoms with E-state index in [1.54, 1.807) is 10.9 Å². The van der Waals surface area contributed by atoms with E-state index >= 15 is 0 Å². The van der Waals surface area contributed by atoms with Gasteiger partial charge in [0, 0.05) is 18.9 Å². The molecule has 2 heterocycles. The first-order chi connectivity index (χ1) is 10.8. The molecule has 23 heavy (non-hydrogen) atoms. The Hall–Kier alpha value is -1.85. The van der Waals surface area contributed by atoms with E-state index in [1.165, 1.54) is 12.8 Å². The van der Waals surface area contributed by atoms with Crippen LogP contribution in [0.15, 0.2) is 42.7 Å². The highest BCUT2D eigenvalue weighted by Gasteiger charge is 2.13. The van der Waals surface area contributed by atoms with Crippen molar-refractivity contribution in [1.82, 2.24) is 20.4 Å². The molecular formula is C17H23ClN4O. The normalized spacial score (nSPS) is 17.3. The van der Waals surface area contributed by atoms with Crippen LogP contribution in [0.5, 0.6) is 0 Å². The summed E-state index contributed by atoms with van der Waals surface area (Å²) < 4.78 is 1.81. The molecule has 124 valence electrons. The van der Waals surface area contributed by atoms with Gasteiger partial charge in [0.2, 0.25) is 5.91 Å². The average Bonchev–Trinajstić information content (AvgIpc) is 3.09. The number of rotatable bonds is 5. The van der Waals surface area contributed by atoms with E-state index in [2.05, 4.69) is 15.7 Å². The smallest absolute Gasteiger partial charge is 0.224 e. The molecule has 0 bridgehead atoms. The van der Waals surface area contributed by atoms with E-state index in [-0.39, 0.29) is 18.3 Å². The summed E-state index contributed by atoms with van der Waals surface area (Å²) in [6.45, 7) is 2.89. The van der Waals surface area contributed by atoms with Crippen molar-refractivity contribution >= 4 is 18.3 Å². The first kappa shape index (κ1) is 17.5. The van der Waals surface area contributed by atoms with Crippen LogP contribution in [0.2, 0.25) is 0 Å². The lowest BCUT2D eigenvalue weighted by Gasteiger charge is -2.22. The Balaban J connectivity index is 0.00000192. The molecule has 2 aromatic rings. The Morgan fingerprint density at radius 1 is 1.35 bits per heavy atom. The standard InChI is InChI=1S/C17H22N4O.ClH/c22-17(19-13-15-3-1-8-18-12-15)11-14-4-6-16(7-5-14)21-10-2-9-20-21;/h2,4-7,9-10,15,18H,1,3,8,11-13H2,(H,19,22);1H. The molecular weight excluding hydrogens is 312 g/mol. The minimum absolute atomic E-state index is 0. The fourth-order valence-corrected chi connectivity index (χ4v) is 2.79. The van der Waals surface area contributed by atoms with E-state index in [0.717, 1.165) is 30.9 Å². The second-order valence-corrected chi connectivity index (χ2v) is 5.81. The predicted molar refractivity (Wildman–Crippen MR) is 93.1 cm³/mol. The van der Waals surface area contributed by atoms with Crippen LogP contribution >= 0.6 is 12.4 Å². The highest BCUT2D eigenvalue weighted by atomic mass is 35.5. The van der Waals surface area contributed by atoms with Crippen molar-refractivity contribution in [3.63, 3.8) is 0 Å². The number of amides is 1. The zero-order valence-electron chi connectivity index (χ0n) is 13.1. The summed E-state index contributed by atoms with van der Waals surface area (Å²) in [4.78, 5) is 12.0. The molecule has 1 aromatic carbocycles.